The van der Waals surface area contributed by atoms with Crippen molar-refractivity contribution in [1.82, 2.24) is 4.57 Å². The number of hydrogen-bond acceptors (Lipinski definition) is 8. The van der Waals surface area contributed by atoms with E-state index in [2.05, 4.69) is 11.6 Å². The number of thiazole rings is 1. The summed E-state index contributed by atoms with van der Waals surface area (Å²) in [5.74, 6) is -0.605. The number of aryl methyl sites for hydroxylation is 1. The van der Waals surface area contributed by atoms with Gasteiger partial charge in [0.15, 0.2) is 16.3 Å². The maximum Gasteiger partial charge on any atom is 0.338 e. The van der Waals surface area contributed by atoms with E-state index in [9.17, 15) is 14.4 Å². The van der Waals surface area contributed by atoms with Gasteiger partial charge in [-0.3, -0.25) is 14.2 Å². The summed E-state index contributed by atoms with van der Waals surface area (Å²) < 4.78 is 18.0. The van der Waals surface area contributed by atoms with E-state index in [1.807, 2.05) is 31.2 Å². The fourth-order valence-electron chi connectivity index (χ4n) is 4.02. The molecular weight excluding hydrogens is 492 g/mol. The van der Waals surface area contributed by atoms with Crippen molar-refractivity contribution in [2.24, 2.45) is 4.99 Å². The number of fused-ring (bicyclic) bond motifs is 1. The maximum absolute atomic E-state index is 13.7. The number of methoxy groups -OCH3 is 1. The van der Waals surface area contributed by atoms with Gasteiger partial charge in [0.05, 0.1) is 29.0 Å². The first-order valence-electron chi connectivity index (χ1n) is 11.5. The highest BCUT2D eigenvalue weighted by Crippen LogP contribution is 2.36. The lowest BCUT2D eigenvalue weighted by Crippen LogP contribution is -2.40. The molecule has 4 rings (SSSR count). The normalized spacial score (nSPS) is 15.0. The Bertz CT molecular complexity index is 1590. The molecule has 0 amide bonds. The lowest BCUT2D eigenvalue weighted by Gasteiger charge is -2.25. The van der Waals surface area contributed by atoms with Gasteiger partial charge in [0.1, 0.15) is 6.61 Å². The SMILES string of the molecule is C=CCOC(=O)C1=C(C)N=c2s/c(=C\c3ccc(C)cc3)c(=O)n2C1c1ccc(OC(C)=O)c(OC)c1. The summed E-state index contributed by atoms with van der Waals surface area (Å²) in [4.78, 5) is 43.4. The first kappa shape index (κ1) is 25.8. The predicted molar refractivity (Wildman–Crippen MR) is 140 cm³/mol. The minimum Gasteiger partial charge on any atom is -0.493 e. The number of ether oxygens (including phenoxy) is 3. The average Bonchev–Trinajstić information content (AvgIpc) is 3.17. The minimum atomic E-state index is -0.839. The Morgan fingerprint density at radius 3 is 2.51 bits per heavy atom. The Kier molecular flexibility index (Phi) is 7.54. The van der Waals surface area contributed by atoms with Crippen molar-refractivity contribution in [2.45, 2.75) is 26.8 Å². The number of esters is 2. The molecule has 0 N–H and O–H groups in total. The molecule has 0 saturated heterocycles. The third-order valence-corrected chi connectivity index (χ3v) is 6.69. The molecule has 1 aromatic heterocycles. The molecule has 1 unspecified atom stereocenters. The van der Waals surface area contributed by atoms with Gasteiger partial charge in [-0.1, -0.05) is 59.9 Å². The van der Waals surface area contributed by atoms with E-state index in [0.717, 1.165) is 11.1 Å². The first-order chi connectivity index (χ1) is 17.7. The van der Waals surface area contributed by atoms with Crippen molar-refractivity contribution in [2.75, 3.05) is 13.7 Å². The minimum absolute atomic E-state index is 0.00882. The molecular formula is C28H26N2O6S. The van der Waals surface area contributed by atoms with E-state index >= 15 is 0 Å². The second kappa shape index (κ2) is 10.8. The topological polar surface area (TPSA) is 96.2 Å². The molecule has 37 heavy (non-hydrogen) atoms. The molecule has 0 aliphatic carbocycles. The van der Waals surface area contributed by atoms with Crippen LogP contribution in [0.5, 0.6) is 11.5 Å². The van der Waals surface area contributed by atoms with Gasteiger partial charge in [-0.05, 0) is 43.2 Å². The summed E-state index contributed by atoms with van der Waals surface area (Å²) >= 11 is 1.24. The number of hydrogen-bond donors (Lipinski definition) is 0. The van der Waals surface area contributed by atoms with Crippen molar-refractivity contribution in [1.29, 1.82) is 0 Å². The number of benzene rings is 2. The Hall–Kier alpha value is -4.24. The number of nitrogens with zero attached hydrogens (tertiary/aromatic N) is 2. The van der Waals surface area contributed by atoms with Crippen LogP contribution in [0.15, 0.2) is 76.2 Å². The van der Waals surface area contributed by atoms with E-state index in [1.54, 1.807) is 31.2 Å². The van der Waals surface area contributed by atoms with Crippen LogP contribution in [0.2, 0.25) is 0 Å². The lowest BCUT2D eigenvalue weighted by atomic mass is 9.95. The van der Waals surface area contributed by atoms with E-state index in [0.29, 0.717) is 20.6 Å². The van der Waals surface area contributed by atoms with Crippen LogP contribution < -0.4 is 24.4 Å². The third kappa shape index (κ3) is 5.31. The zero-order chi connectivity index (χ0) is 26.7. The van der Waals surface area contributed by atoms with Crippen molar-refractivity contribution >= 4 is 29.4 Å². The van der Waals surface area contributed by atoms with Crippen LogP contribution in [0.1, 0.15) is 36.6 Å². The van der Waals surface area contributed by atoms with E-state index in [1.165, 1.54) is 36.0 Å². The third-order valence-electron chi connectivity index (χ3n) is 5.71. The van der Waals surface area contributed by atoms with Crippen molar-refractivity contribution in [3.8, 4) is 11.5 Å². The summed E-state index contributed by atoms with van der Waals surface area (Å²) in [7, 11) is 1.44. The summed E-state index contributed by atoms with van der Waals surface area (Å²) in [5.41, 5.74) is 2.92. The number of aromatic nitrogens is 1. The van der Waals surface area contributed by atoms with E-state index in [-0.39, 0.29) is 29.2 Å². The van der Waals surface area contributed by atoms with Crippen molar-refractivity contribution in [3.05, 3.63) is 103 Å². The molecule has 0 fully saturated rings. The highest BCUT2D eigenvalue weighted by atomic mass is 32.1. The maximum atomic E-state index is 13.7. The lowest BCUT2D eigenvalue weighted by molar-refractivity contribution is -0.138. The Morgan fingerprint density at radius 1 is 1.14 bits per heavy atom. The second-order valence-corrected chi connectivity index (χ2v) is 9.39. The van der Waals surface area contributed by atoms with Crippen molar-refractivity contribution in [3.63, 3.8) is 0 Å². The Morgan fingerprint density at radius 2 is 1.86 bits per heavy atom. The van der Waals surface area contributed by atoms with Gasteiger partial charge in [-0.15, -0.1) is 0 Å². The molecule has 3 aromatic rings. The monoisotopic (exact) mass is 518 g/mol. The Labute approximate surface area is 217 Å². The zero-order valence-corrected chi connectivity index (χ0v) is 21.8. The molecule has 2 aromatic carbocycles. The number of rotatable bonds is 7. The highest BCUT2D eigenvalue weighted by molar-refractivity contribution is 7.07. The van der Waals surface area contributed by atoms with Crippen LogP contribution >= 0.6 is 11.3 Å². The van der Waals surface area contributed by atoms with Crippen LogP contribution in [0, 0.1) is 6.92 Å². The molecule has 0 spiro atoms. The smallest absolute Gasteiger partial charge is 0.338 e. The fraction of sp³-hybridized carbons (Fsp3) is 0.214. The summed E-state index contributed by atoms with van der Waals surface area (Å²) in [6, 6.07) is 11.9. The van der Waals surface area contributed by atoms with E-state index < -0.39 is 18.0 Å². The molecule has 0 radical (unpaired) electrons. The predicted octanol–water partition coefficient (Wildman–Crippen LogP) is 3.21. The average molecular weight is 519 g/mol. The van der Waals surface area contributed by atoms with Gasteiger partial charge in [0.25, 0.3) is 5.56 Å². The standard InChI is InChI=1S/C28H26N2O6S/c1-6-13-35-27(33)24-17(3)29-28-30(26(32)23(37-28)14-19-9-7-16(2)8-10-19)25(24)20-11-12-21(36-18(4)31)22(15-20)34-5/h6-12,14-15,25H,1,13H2,2-5H3/b23-14-. The summed E-state index contributed by atoms with van der Waals surface area (Å²) in [6.07, 6.45) is 3.27. The van der Waals surface area contributed by atoms with Crippen LogP contribution in [-0.4, -0.2) is 30.2 Å². The van der Waals surface area contributed by atoms with Gasteiger partial charge in [-0.25, -0.2) is 9.79 Å². The Balaban J connectivity index is 1.93. The summed E-state index contributed by atoms with van der Waals surface area (Å²) in [5, 5.41) is 0. The van der Waals surface area contributed by atoms with Crippen LogP contribution in [0.3, 0.4) is 0 Å². The molecule has 0 bridgehead atoms. The molecule has 2 heterocycles. The number of carbonyl (C=O) groups is 2. The quantitative estimate of drug-likeness (QED) is 0.271. The molecule has 1 atom stereocenters. The van der Waals surface area contributed by atoms with Gasteiger partial charge in [0.2, 0.25) is 0 Å². The molecule has 8 nitrogen and oxygen atoms in total. The number of carbonyl (C=O) groups excluding carboxylic acids is 2. The van der Waals surface area contributed by atoms with Crippen LogP contribution in [-0.2, 0) is 14.3 Å². The molecule has 0 saturated carbocycles. The molecule has 1 aliphatic heterocycles. The molecule has 190 valence electrons. The van der Waals surface area contributed by atoms with Crippen molar-refractivity contribution < 1.29 is 23.8 Å². The molecule has 9 heteroatoms. The van der Waals surface area contributed by atoms with Gasteiger partial charge in [-0.2, -0.15) is 0 Å². The first-order valence-corrected chi connectivity index (χ1v) is 12.3. The van der Waals surface area contributed by atoms with Gasteiger partial charge < -0.3 is 14.2 Å². The summed E-state index contributed by atoms with van der Waals surface area (Å²) in [6.45, 7) is 8.60. The largest absolute Gasteiger partial charge is 0.493 e. The van der Waals surface area contributed by atoms with E-state index in [4.69, 9.17) is 14.2 Å². The van der Waals surface area contributed by atoms with Crippen LogP contribution in [0.25, 0.3) is 6.08 Å². The van der Waals surface area contributed by atoms with Gasteiger partial charge >= 0.3 is 11.9 Å². The second-order valence-electron chi connectivity index (χ2n) is 8.38. The zero-order valence-electron chi connectivity index (χ0n) is 20.9. The molecule has 1 aliphatic rings. The number of allylic oxidation sites excluding steroid dienone is 1. The highest BCUT2D eigenvalue weighted by Gasteiger charge is 2.34. The van der Waals surface area contributed by atoms with Crippen LogP contribution in [0.4, 0.5) is 0 Å². The fourth-order valence-corrected chi connectivity index (χ4v) is 5.06. The van der Waals surface area contributed by atoms with Gasteiger partial charge in [0, 0.05) is 6.92 Å².